The van der Waals surface area contributed by atoms with E-state index in [1.807, 2.05) is 6.08 Å². The zero-order valence-corrected chi connectivity index (χ0v) is 8.64. The highest BCUT2D eigenvalue weighted by Crippen LogP contribution is 2.14. The van der Waals surface area contributed by atoms with Crippen molar-refractivity contribution < 1.29 is 9.90 Å². The van der Waals surface area contributed by atoms with Crippen LogP contribution >= 0.6 is 11.3 Å². The van der Waals surface area contributed by atoms with Crippen LogP contribution in [0.15, 0.2) is 24.1 Å². The molecule has 1 heterocycles. The molecule has 0 fully saturated rings. The van der Waals surface area contributed by atoms with Gasteiger partial charge in [-0.2, -0.15) is 0 Å². The largest absolute Gasteiger partial charge is 0.478 e. The normalized spacial score (nSPS) is 10.0. The molecule has 0 aliphatic carbocycles. The molecule has 0 amide bonds. The zero-order chi connectivity index (χ0) is 10.4. The van der Waals surface area contributed by atoms with Gasteiger partial charge in [0.15, 0.2) is 0 Å². The predicted octanol–water partition coefficient (Wildman–Crippen LogP) is 2.11. The van der Waals surface area contributed by atoms with Gasteiger partial charge in [0, 0.05) is 16.8 Å². The molecule has 2 N–H and O–H groups in total. The molecular weight excluding hydrogens is 198 g/mol. The highest BCUT2D eigenvalue weighted by molar-refractivity contribution is 7.10. The van der Waals surface area contributed by atoms with Crippen LogP contribution in [-0.4, -0.2) is 17.6 Å². The molecule has 1 aromatic heterocycles. The van der Waals surface area contributed by atoms with E-state index in [0.29, 0.717) is 5.56 Å². The molecule has 3 nitrogen and oxygen atoms in total. The molecule has 0 saturated carbocycles. The molecule has 0 spiro atoms. The molecule has 0 atom stereocenters. The Bertz CT molecular complexity index is 320. The topological polar surface area (TPSA) is 49.3 Å². The number of carboxylic acid groups (broad SMARTS) is 1. The standard InChI is InChI=1S/C10H13NO2S/c1-2-3-4-11-6-9-5-8(7-14-9)10(12)13/h2,5,7,11H,1,3-4,6H2,(H,12,13). The van der Waals surface area contributed by atoms with Gasteiger partial charge < -0.3 is 10.4 Å². The maximum Gasteiger partial charge on any atom is 0.336 e. The third kappa shape index (κ3) is 3.32. The monoisotopic (exact) mass is 211 g/mol. The van der Waals surface area contributed by atoms with Crippen LogP contribution in [-0.2, 0) is 6.54 Å². The van der Waals surface area contributed by atoms with Crippen LogP contribution in [0.4, 0.5) is 0 Å². The number of carboxylic acids is 1. The van der Waals surface area contributed by atoms with Crippen LogP contribution in [0.25, 0.3) is 0 Å². The Morgan fingerprint density at radius 2 is 2.50 bits per heavy atom. The Hall–Kier alpha value is -1.13. The van der Waals surface area contributed by atoms with Crippen molar-refractivity contribution in [3.63, 3.8) is 0 Å². The smallest absolute Gasteiger partial charge is 0.336 e. The number of nitrogens with one attached hydrogen (secondary N) is 1. The Morgan fingerprint density at radius 3 is 3.07 bits per heavy atom. The van der Waals surface area contributed by atoms with Gasteiger partial charge in [-0.1, -0.05) is 6.08 Å². The van der Waals surface area contributed by atoms with Gasteiger partial charge in [0.05, 0.1) is 5.56 Å². The van der Waals surface area contributed by atoms with Gasteiger partial charge in [-0.05, 0) is 19.0 Å². The van der Waals surface area contributed by atoms with E-state index in [2.05, 4.69) is 11.9 Å². The van der Waals surface area contributed by atoms with Crippen molar-refractivity contribution in [2.45, 2.75) is 13.0 Å². The molecule has 1 aromatic rings. The van der Waals surface area contributed by atoms with Gasteiger partial charge in [0.1, 0.15) is 0 Å². The third-order valence-electron chi connectivity index (χ3n) is 1.73. The summed E-state index contributed by atoms with van der Waals surface area (Å²) in [5, 5.41) is 13.5. The molecule has 76 valence electrons. The summed E-state index contributed by atoms with van der Waals surface area (Å²) in [6.07, 6.45) is 2.78. The summed E-state index contributed by atoms with van der Waals surface area (Å²) in [5.74, 6) is -0.862. The predicted molar refractivity (Wildman–Crippen MR) is 57.8 cm³/mol. The van der Waals surface area contributed by atoms with Crippen molar-refractivity contribution in [1.82, 2.24) is 5.32 Å². The van der Waals surface area contributed by atoms with Crippen LogP contribution in [0.3, 0.4) is 0 Å². The second-order valence-corrected chi connectivity index (χ2v) is 3.86. The average molecular weight is 211 g/mol. The minimum Gasteiger partial charge on any atom is -0.478 e. The number of carbonyl (C=O) groups is 1. The Morgan fingerprint density at radius 1 is 1.71 bits per heavy atom. The highest BCUT2D eigenvalue weighted by atomic mass is 32.1. The van der Waals surface area contributed by atoms with Crippen LogP contribution in [0.2, 0.25) is 0 Å². The van der Waals surface area contributed by atoms with Crippen LogP contribution in [0.5, 0.6) is 0 Å². The van der Waals surface area contributed by atoms with Gasteiger partial charge in [0.2, 0.25) is 0 Å². The molecule has 1 rings (SSSR count). The van der Waals surface area contributed by atoms with E-state index in [-0.39, 0.29) is 0 Å². The highest BCUT2D eigenvalue weighted by Gasteiger charge is 2.05. The van der Waals surface area contributed by atoms with E-state index in [1.165, 1.54) is 11.3 Å². The quantitative estimate of drug-likeness (QED) is 0.559. The third-order valence-corrected chi connectivity index (χ3v) is 2.66. The fraction of sp³-hybridized carbons (Fsp3) is 0.300. The summed E-state index contributed by atoms with van der Waals surface area (Å²) in [7, 11) is 0. The lowest BCUT2D eigenvalue weighted by molar-refractivity contribution is 0.0697. The first-order valence-electron chi connectivity index (χ1n) is 4.36. The van der Waals surface area contributed by atoms with Gasteiger partial charge in [-0.25, -0.2) is 4.79 Å². The fourth-order valence-electron chi connectivity index (χ4n) is 1.00. The molecule has 0 saturated heterocycles. The van der Waals surface area contributed by atoms with E-state index < -0.39 is 5.97 Å². The number of aromatic carboxylic acids is 1. The minimum absolute atomic E-state index is 0.371. The summed E-state index contributed by atoms with van der Waals surface area (Å²) < 4.78 is 0. The second-order valence-electron chi connectivity index (χ2n) is 2.86. The number of hydrogen-bond acceptors (Lipinski definition) is 3. The second kappa shape index (κ2) is 5.57. The molecule has 0 aliphatic heterocycles. The Labute approximate surface area is 87.1 Å². The molecule has 0 bridgehead atoms. The molecule has 14 heavy (non-hydrogen) atoms. The van der Waals surface area contributed by atoms with Crippen LogP contribution in [0.1, 0.15) is 21.7 Å². The molecule has 0 radical (unpaired) electrons. The molecule has 0 aliphatic rings. The lowest BCUT2D eigenvalue weighted by atomic mass is 10.3. The molecular formula is C10H13NO2S. The average Bonchev–Trinajstić information content (AvgIpc) is 2.61. The van der Waals surface area contributed by atoms with Gasteiger partial charge in [-0.15, -0.1) is 17.9 Å². The molecule has 0 unspecified atom stereocenters. The van der Waals surface area contributed by atoms with Gasteiger partial charge in [-0.3, -0.25) is 0 Å². The maximum absolute atomic E-state index is 10.6. The van der Waals surface area contributed by atoms with E-state index in [9.17, 15) is 4.79 Å². The molecule has 4 heteroatoms. The van der Waals surface area contributed by atoms with Crippen molar-refractivity contribution in [1.29, 1.82) is 0 Å². The van der Waals surface area contributed by atoms with Gasteiger partial charge >= 0.3 is 5.97 Å². The van der Waals surface area contributed by atoms with E-state index in [1.54, 1.807) is 11.4 Å². The summed E-state index contributed by atoms with van der Waals surface area (Å²) >= 11 is 1.47. The first-order chi connectivity index (χ1) is 6.74. The van der Waals surface area contributed by atoms with Crippen molar-refractivity contribution in [2.24, 2.45) is 0 Å². The van der Waals surface area contributed by atoms with Crippen molar-refractivity contribution in [3.8, 4) is 0 Å². The van der Waals surface area contributed by atoms with Crippen LogP contribution in [0, 0.1) is 0 Å². The first-order valence-corrected chi connectivity index (χ1v) is 5.24. The number of thiophene rings is 1. The SMILES string of the molecule is C=CCCNCc1cc(C(=O)O)cs1. The lowest BCUT2D eigenvalue weighted by Crippen LogP contribution is -2.12. The molecule has 0 aromatic carbocycles. The van der Waals surface area contributed by atoms with Crippen molar-refractivity contribution in [3.05, 3.63) is 34.5 Å². The Kier molecular flexibility index (Phi) is 4.35. The zero-order valence-electron chi connectivity index (χ0n) is 7.82. The van der Waals surface area contributed by atoms with E-state index >= 15 is 0 Å². The minimum atomic E-state index is -0.862. The van der Waals surface area contributed by atoms with E-state index in [4.69, 9.17) is 5.11 Å². The summed E-state index contributed by atoms with van der Waals surface area (Å²) in [5.41, 5.74) is 0.371. The number of rotatable bonds is 6. The maximum atomic E-state index is 10.6. The first kappa shape index (κ1) is 10.9. The lowest BCUT2D eigenvalue weighted by Gasteiger charge is -1.98. The van der Waals surface area contributed by atoms with Crippen molar-refractivity contribution in [2.75, 3.05) is 6.54 Å². The fourth-order valence-corrected chi connectivity index (χ4v) is 1.83. The van der Waals surface area contributed by atoms with Gasteiger partial charge in [0.25, 0.3) is 0 Å². The van der Waals surface area contributed by atoms with Crippen LogP contribution < -0.4 is 5.32 Å². The summed E-state index contributed by atoms with van der Waals surface area (Å²) in [6, 6.07) is 1.70. The van der Waals surface area contributed by atoms with Crippen molar-refractivity contribution >= 4 is 17.3 Å². The van der Waals surface area contributed by atoms with E-state index in [0.717, 1.165) is 24.4 Å². The summed E-state index contributed by atoms with van der Waals surface area (Å²) in [4.78, 5) is 11.6. The number of hydrogen-bond donors (Lipinski definition) is 2. The summed E-state index contributed by atoms with van der Waals surface area (Å²) in [6.45, 7) is 5.22. The Balaban J connectivity index is 2.36.